The van der Waals surface area contributed by atoms with Crippen molar-refractivity contribution in [3.63, 3.8) is 0 Å². The first-order valence-corrected chi connectivity index (χ1v) is 8.75. The van der Waals surface area contributed by atoms with Crippen molar-refractivity contribution in [3.05, 3.63) is 48.8 Å². The van der Waals surface area contributed by atoms with Crippen LogP contribution in [0.5, 0.6) is 17.4 Å². The molecule has 0 aliphatic heterocycles. The summed E-state index contributed by atoms with van der Waals surface area (Å²) >= 11 is 0. The molecule has 2 aromatic carbocycles. The molecule has 23 heavy (non-hydrogen) atoms. The maximum Gasteiger partial charge on any atom is 0.230 e. The first-order chi connectivity index (χ1) is 11.0. The molecule has 3 aromatic rings. The predicted molar refractivity (Wildman–Crippen MR) is 87.7 cm³/mol. The number of benzene rings is 2. The summed E-state index contributed by atoms with van der Waals surface area (Å²) in [4.78, 5) is 8.85. The van der Waals surface area contributed by atoms with E-state index in [0.717, 1.165) is 5.39 Å². The van der Waals surface area contributed by atoms with E-state index in [4.69, 9.17) is 14.3 Å². The van der Waals surface area contributed by atoms with Crippen molar-refractivity contribution < 1.29 is 13.7 Å². The number of fused-ring (bicyclic) bond motifs is 1. The minimum Gasteiger partial charge on any atom is -0.494 e. The largest absolute Gasteiger partial charge is 0.494 e. The summed E-state index contributed by atoms with van der Waals surface area (Å²) in [6.45, 7) is 0. The molecule has 0 saturated carbocycles. The van der Waals surface area contributed by atoms with Crippen LogP contribution >= 0.6 is 0 Å². The van der Waals surface area contributed by atoms with Crippen molar-refractivity contribution in [2.75, 3.05) is 13.4 Å². The van der Waals surface area contributed by atoms with Gasteiger partial charge in [0.1, 0.15) is 23.3 Å². The van der Waals surface area contributed by atoms with Crippen molar-refractivity contribution in [1.29, 1.82) is 4.78 Å². The molecule has 0 radical (unpaired) electrons. The standard InChI is InChI=1S/C16H15N3O3S/c1-21-14-5-3-4-13-15(14)18-10-19-16(13)22-11-6-8-12(9-7-11)23(2,17)20/h3-10,17H,1-2H3. The fourth-order valence-corrected chi connectivity index (χ4v) is 2.82. The van der Waals surface area contributed by atoms with Crippen LogP contribution in [0.4, 0.5) is 0 Å². The number of ether oxygens (including phenoxy) is 2. The van der Waals surface area contributed by atoms with E-state index in [0.29, 0.717) is 27.8 Å². The van der Waals surface area contributed by atoms with Crippen molar-refractivity contribution in [2.24, 2.45) is 0 Å². The highest BCUT2D eigenvalue weighted by Gasteiger charge is 2.10. The van der Waals surface area contributed by atoms with Gasteiger partial charge in [-0.15, -0.1) is 0 Å². The van der Waals surface area contributed by atoms with Gasteiger partial charge in [0.25, 0.3) is 0 Å². The molecule has 0 spiro atoms. The lowest BCUT2D eigenvalue weighted by atomic mass is 10.2. The van der Waals surface area contributed by atoms with E-state index in [1.54, 1.807) is 31.4 Å². The summed E-state index contributed by atoms with van der Waals surface area (Å²) in [5, 5.41) is 0.732. The molecule has 118 valence electrons. The van der Waals surface area contributed by atoms with Gasteiger partial charge in [0.15, 0.2) is 0 Å². The van der Waals surface area contributed by atoms with Crippen LogP contribution in [-0.4, -0.2) is 27.5 Å². The average molecular weight is 329 g/mol. The van der Waals surface area contributed by atoms with E-state index >= 15 is 0 Å². The predicted octanol–water partition coefficient (Wildman–Crippen LogP) is 3.47. The average Bonchev–Trinajstić information content (AvgIpc) is 2.54. The lowest BCUT2D eigenvalue weighted by molar-refractivity contribution is 0.418. The summed E-state index contributed by atoms with van der Waals surface area (Å²) in [5.74, 6) is 1.59. The topological polar surface area (TPSA) is 85.2 Å². The fourth-order valence-electron chi connectivity index (χ4n) is 2.16. The Bertz CT molecular complexity index is 954. The normalized spacial score (nSPS) is 13.5. The molecule has 3 rings (SSSR count). The van der Waals surface area contributed by atoms with Gasteiger partial charge in [-0.1, -0.05) is 6.07 Å². The second-order valence-electron chi connectivity index (χ2n) is 4.95. The summed E-state index contributed by atoms with van der Waals surface area (Å²) in [5.41, 5.74) is 0.666. The van der Waals surface area contributed by atoms with Crippen LogP contribution in [0.2, 0.25) is 0 Å². The van der Waals surface area contributed by atoms with Crippen molar-refractivity contribution in [2.45, 2.75) is 4.90 Å². The second-order valence-corrected chi connectivity index (χ2v) is 7.11. The molecule has 1 unspecified atom stereocenters. The number of nitrogens with one attached hydrogen (secondary N) is 1. The number of para-hydroxylation sites is 1. The highest BCUT2D eigenvalue weighted by atomic mass is 32.2. The van der Waals surface area contributed by atoms with E-state index in [2.05, 4.69) is 9.97 Å². The molecule has 0 saturated heterocycles. The molecule has 1 heterocycles. The number of nitrogens with zero attached hydrogens (tertiary/aromatic N) is 2. The minimum absolute atomic E-state index is 0.407. The Morgan fingerprint density at radius 3 is 2.48 bits per heavy atom. The van der Waals surface area contributed by atoms with Gasteiger partial charge >= 0.3 is 0 Å². The van der Waals surface area contributed by atoms with Gasteiger partial charge < -0.3 is 9.47 Å². The quantitative estimate of drug-likeness (QED) is 0.792. The zero-order valence-electron chi connectivity index (χ0n) is 12.6. The smallest absolute Gasteiger partial charge is 0.230 e. The molecule has 0 aliphatic carbocycles. The molecule has 1 N–H and O–H groups in total. The zero-order chi connectivity index (χ0) is 16.4. The number of rotatable bonds is 4. The molecule has 0 fully saturated rings. The summed E-state index contributed by atoms with van der Waals surface area (Å²) < 4.78 is 30.3. The molecule has 0 bridgehead atoms. The van der Waals surface area contributed by atoms with Crippen LogP contribution in [0.15, 0.2) is 53.7 Å². The van der Waals surface area contributed by atoms with E-state index in [1.165, 1.54) is 12.6 Å². The molecule has 7 heteroatoms. The number of hydrogen-bond donors (Lipinski definition) is 1. The van der Waals surface area contributed by atoms with Gasteiger partial charge in [-0.2, -0.15) is 0 Å². The highest BCUT2D eigenvalue weighted by molar-refractivity contribution is 7.91. The maximum absolute atomic E-state index is 11.7. The lowest BCUT2D eigenvalue weighted by Crippen LogP contribution is -1.96. The Kier molecular flexibility index (Phi) is 3.87. The molecule has 0 aliphatic rings. The van der Waals surface area contributed by atoms with Crippen LogP contribution in [-0.2, 0) is 9.73 Å². The Balaban J connectivity index is 1.99. The van der Waals surface area contributed by atoms with Crippen LogP contribution in [0.3, 0.4) is 0 Å². The summed E-state index contributed by atoms with van der Waals surface area (Å²) in [6.07, 6.45) is 2.80. The van der Waals surface area contributed by atoms with Crippen molar-refractivity contribution >= 4 is 20.6 Å². The fraction of sp³-hybridized carbons (Fsp3) is 0.125. The Morgan fingerprint density at radius 1 is 1.09 bits per heavy atom. The number of aromatic nitrogens is 2. The van der Waals surface area contributed by atoms with Gasteiger partial charge in [0.2, 0.25) is 5.88 Å². The second kappa shape index (κ2) is 5.85. The van der Waals surface area contributed by atoms with Gasteiger partial charge in [0, 0.05) is 11.2 Å². The van der Waals surface area contributed by atoms with Crippen molar-refractivity contribution in [3.8, 4) is 17.4 Å². The van der Waals surface area contributed by atoms with Gasteiger partial charge in [-0.3, -0.25) is 0 Å². The zero-order valence-corrected chi connectivity index (χ0v) is 13.5. The SMILES string of the molecule is COc1cccc2c(Oc3ccc(S(C)(=N)=O)cc3)ncnc12. The lowest BCUT2D eigenvalue weighted by Gasteiger charge is -2.09. The van der Waals surface area contributed by atoms with E-state index in [1.807, 2.05) is 18.2 Å². The Morgan fingerprint density at radius 2 is 1.83 bits per heavy atom. The van der Waals surface area contributed by atoms with Crippen LogP contribution in [0.1, 0.15) is 0 Å². The molecular formula is C16H15N3O3S. The van der Waals surface area contributed by atoms with Crippen molar-refractivity contribution in [1.82, 2.24) is 9.97 Å². The molecular weight excluding hydrogens is 314 g/mol. The third-order valence-corrected chi connectivity index (χ3v) is 4.47. The Hall–Kier alpha value is -2.67. The first-order valence-electron chi connectivity index (χ1n) is 6.78. The third kappa shape index (κ3) is 3.09. The highest BCUT2D eigenvalue weighted by Crippen LogP contribution is 2.31. The van der Waals surface area contributed by atoms with E-state index < -0.39 is 9.73 Å². The van der Waals surface area contributed by atoms with E-state index in [9.17, 15) is 4.21 Å². The van der Waals surface area contributed by atoms with Crippen LogP contribution in [0.25, 0.3) is 10.9 Å². The molecule has 0 amide bonds. The molecule has 1 atom stereocenters. The van der Waals surface area contributed by atoms with Crippen LogP contribution in [0, 0.1) is 4.78 Å². The summed E-state index contributed by atoms with van der Waals surface area (Å²) in [6, 6.07) is 12.1. The van der Waals surface area contributed by atoms with Gasteiger partial charge in [0.05, 0.1) is 22.2 Å². The van der Waals surface area contributed by atoms with E-state index in [-0.39, 0.29) is 0 Å². The summed E-state index contributed by atoms with van der Waals surface area (Å²) in [7, 11) is -1.15. The third-order valence-electron chi connectivity index (χ3n) is 3.30. The van der Waals surface area contributed by atoms with Gasteiger partial charge in [-0.25, -0.2) is 19.0 Å². The monoisotopic (exact) mass is 329 g/mol. The van der Waals surface area contributed by atoms with Crippen LogP contribution < -0.4 is 9.47 Å². The number of hydrogen-bond acceptors (Lipinski definition) is 6. The maximum atomic E-state index is 11.7. The Labute approximate surface area is 134 Å². The number of methoxy groups -OCH3 is 1. The first kappa shape index (κ1) is 15.2. The molecule has 6 nitrogen and oxygen atoms in total. The molecule has 1 aromatic heterocycles. The minimum atomic E-state index is -2.73. The van der Waals surface area contributed by atoms with Gasteiger partial charge in [-0.05, 0) is 36.4 Å².